The molecule has 2 fully saturated rings. The first-order valence-corrected chi connectivity index (χ1v) is 9.26. The number of rotatable bonds is 6. The van der Waals surface area contributed by atoms with Crippen LogP contribution in [0.2, 0.25) is 0 Å². The fraction of sp³-hybridized carbons (Fsp3) is 0.812. The predicted octanol–water partition coefficient (Wildman–Crippen LogP) is -0.900. The lowest BCUT2D eigenvalue weighted by molar-refractivity contribution is 0.188. The second kappa shape index (κ2) is 8.59. The van der Waals surface area contributed by atoms with Crippen LogP contribution in [0.4, 0.5) is 17.8 Å². The van der Waals surface area contributed by atoms with E-state index in [-0.39, 0.29) is 12.6 Å². The largest absolute Gasteiger partial charge is 0.395 e. The highest BCUT2D eigenvalue weighted by atomic mass is 16.3. The second-order valence-corrected chi connectivity index (χ2v) is 6.67. The van der Waals surface area contributed by atoms with E-state index in [4.69, 9.17) is 10.8 Å². The van der Waals surface area contributed by atoms with E-state index in [1.165, 1.54) is 6.42 Å². The first-order valence-electron chi connectivity index (χ1n) is 9.26. The number of hydrogen-bond donors (Lipinski definition) is 2. The van der Waals surface area contributed by atoms with Crippen molar-refractivity contribution < 1.29 is 5.11 Å². The Morgan fingerprint density at radius 2 is 1.28 bits per heavy atom. The molecular weight excluding hydrogens is 320 g/mol. The first kappa shape index (κ1) is 18.1. The lowest BCUT2D eigenvalue weighted by Gasteiger charge is -2.36. The SMILES string of the molecule is CCCN1CCN(c2nc(N)nc(N3CCN(CCO)CC3)n2)CC1. The van der Waals surface area contributed by atoms with Crippen molar-refractivity contribution in [1.82, 2.24) is 24.8 Å². The normalized spacial score (nSPS) is 20.2. The lowest BCUT2D eigenvalue weighted by atomic mass is 10.3. The zero-order valence-electron chi connectivity index (χ0n) is 15.1. The zero-order chi connectivity index (χ0) is 17.6. The van der Waals surface area contributed by atoms with Gasteiger partial charge in [-0.1, -0.05) is 6.92 Å². The van der Waals surface area contributed by atoms with Gasteiger partial charge in [0.05, 0.1) is 6.61 Å². The van der Waals surface area contributed by atoms with E-state index in [9.17, 15) is 0 Å². The zero-order valence-corrected chi connectivity index (χ0v) is 15.1. The maximum atomic E-state index is 9.06. The summed E-state index contributed by atoms with van der Waals surface area (Å²) in [6.45, 7) is 11.7. The van der Waals surface area contributed by atoms with Crippen molar-refractivity contribution in [2.75, 3.05) is 87.6 Å². The summed E-state index contributed by atoms with van der Waals surface area (Å²) in [7, 11) is 0. The van der Waals surface area contributed by atoms with Gasteiger partial charge in [-0.05, 0) is 13.0 Å². The standard InChI is InChI=1S/C16H30N8O/c1-2-3-21-4-8-23(9-5-21)15-18-14(17)19-16(20-15)24-10-6-22(7-11-24)12-13-25/h25H,2-13H2,1H3,(H2,17,18,19,20). The second-order valence-electron chi connectivity index (χ2n) is 6.67. The van der Waals surface area contributed by atoms with Crippen LogP contribution >= 0.6 is 0 Å². The molecule has 25 heavy (non-hydrogen) atoms. The Bertz CT molecular complexity index is 497. The molecule has 0 aliphatic carbocycles. The van der Waals surface area contributed by atoms with Crippen LogP contribution < -0.4 is 15.5 Å². The molecule has 9 heteroatoms. The van der Waals surface area contributed by atoms with Gasteiger partial charge in [0.15, 0.2) is 0 Å². The number of aromatic nitrogens is 3. The van der Waals surface area contributed by atoms with Crippen molar-refractivity contribution in [2.24, 2.45) is 0 Å². The third-order valence-corrected chi connectivity index (χ3v) is 4.90. The molecule has 0 aromatic carbocycles. The molecule has 2 aliphatic heterocycles. The van der Waals surface area contributed by atoms with Crippen LogP contribution in [-0.4, -0.2) is 102 Å². The number of anilines is 3. The van der Waals surface area contributed by atoms with Gasteiger partial charge in [0, 0.05) is 58.9 Å². The number of piperazine rings is 2. The van der Waals surface area contributed by atoms with E-state index in [1.54, 1.807) is 0 Å². The van der Waals surface area contributed by atoms with Gasteiger partial charge in [0.1, 0.15) is 0 Å². The van der Waals surface area contributed by atoms with E-state index in [2.05, 4.69) is 41.5 Å². The van der Waals surface area contributed by atoms with Gasteiger partial charge in [-0.25, -0.2) is 0 Å². The number of nitrogen functional groups attached to an aromatic ring is 1. The highest BCUT2D eigenvalue weighted by Gasteiger charge is 2.23. The van der Waals surface area contributed by atoms with Crippen molar-refractivity contribution >= 4 is 17.8 Å². The molecule has 2 saturated heterocycles. The molecule has 0 spiro atoms. The van der Waals surface area contributed by atoms with Crippen LogP contribution in [-0.2, 0) is 0 Å². The molecule has 0 unspecified atom stereocenters. The first-order chi connectivity index (χ1) is 12.2. The Hall–Kier alpha value is -1.71. The highest BCUT2D eigenvalue weighted by Crippen LogP contribution is 2.18. The van der Waals surface area contributed by atoms with Gasteiger partial charge < -0.3 is 20.6 Å². The number of aliphatic hydroxyl groups is 1. The fourth-order valence-corrected chi connectivity index (χ4v) is 3.45. The van der Waals surface area contributed by atoms with Crippen LogP contribution in [0.3, 0.4) is 0 Å². The average Bonchev–Trinajstić information content (AvgIpc) is 2.63. The Morgan fingerprint density at radius 3 is 1.72 bits per heavy atom. The molecule has 9 nitrogen and oxygen atoms in total. The van der Waals surface area contributed by atoms with Gasteiger partial charge >= 0.3 is 0 Å². The third kappa shape index (κ3) is 4.68. The number of aliphatic hydroxyl groups excluding tert-OH is 1. The Balaban J connectivity index is 1.63. The summed E-state index contributed by atoms with van der Waals surface area (Å²) in [5.41, 5.74) is 5.95. The monoisotopic (exact) mass is 350 g/mol. The van der Waals surface area contributed by atoms with Crippen LogP contribution in [0, 0.1) is 0 Å². The summed E-state index contributed by atoms with van der Waals surface area (Å²) < 4.78 is 0. The van der Waals surface area contributed by atoms with E-state index < -0.39 is 0 Å². The summed E-state index contributed by atoms with van der Waals surface area (Å²) in [6, 6.07) is 0. The van der Waals surface area contributed by atoms with Gasteiger partial charge in [-0.2, -0.15) is 15.0 Å². The molecule has 0 amide bonds. The Kier molecular flexibility index (Phi) is 6.22. The third-order valence-electron chi connectivity index (χ3n) is 4.90. The van der Waals surface area contributed by atoms with Crippen LogP contribution in [0.15, 0.2) is 0 Å². The van der Waals surface area contributed by atoms with Gasteiger partial charge in [-0.3, -0.25) is 9.80 Å². The number of nitrogens with zero attached hydrogens (tertiary/aromatic N) is 7. The van der Waals surface area contributed by atoms with Crippen LogP contribution in [0.1, 0.15) is 13.3 Å². The molecular formula is C16H30N8O. The Morgan fingerprint density at radius 1 is 0.800 bits per heavy atom. The quantitative estimate of drug-likeness (QED) is 0.676. The summed E-state index contributed by atoms with van der Waals surface area (Å²) in [5.74, 6) is 1.65. The number of β-amino-alcohol motifs (C(OH)–C–C–N with tert-alkyl or cyclic N) is 1. The molecule has 3 N–H and O–H groups in total. The predicted molar refractivity (Wildman–Crippen MR) is 98.9 cm³/mol. The van der Waals surface area contributed by atoms with Crippen LogP contribution in [0.25, 0.3) is 0 Å². The highest BCUT2D eigenvalue weighted by molar-refractivity contribution is 5.44. The maximum absolute atomic E-state index is 9.06. The van der Waals surface area contributed by atoms with Crippen molar-refractivity contribution in [1.29, 1.82) is 0 Å². The minimum absolute atomic E-state index is 0.201. The average molecular weight is 350 g/mol. The molecule has 1 aromatic rings. The molecule has 2 aliphatic rings. The van der Waals surface area contributed by atoms with Crippen molar-refractivity contribution in [3.8, 4) is 0 Å². The van der Waals surface area contributed by atoms with Gasteiger partial charge in [0.2, 0.25) is 17.8 Å². The fourth-order valence-electron chi connectivity index (χ4n) is 3.45. The lowest BCUT2D eigenvalue weighted by Crippen LogP contribution is -2.49. The number of hydrogen-bond acceptors (Lipinski definition) is 9. The van der Waals surface area contributed by atoms with Crippen molar-refractivity contribution in [2.45, 2.75) is 13.3 Å². The van der Waals surface area contributed by atoms with Crippen LogP contribution in [0.5, 0.6) is 0 Å². The topological polar surface area (TPSA) is 97.9 Å². The summed E-state index contributed by atoms with van der Waals surface area (Å²) >= 11 is 0. The van der Waals surface area contributed by atoms with Crippen molar-refractivity contribution in [3.05, 3.63) is 0 Å². The minimum Gasteiger partial charge on any atom is -0.395 e. The van der Waals surface area contributed by atoms with Crippen molar-refractivity contribution in [3.63, 3.8) is 0 Å². The van der Waals surface area contributed by atoms with E-state index >= 15 is 0 Å². The summed E-state index contributed by atoms with van der Waals surface area (Å²) in [5, 5.41) is 9.06. The molecule has 1 aromatic heterocycles. The molecule has 0 bridgehead atoms. The number of nitrogens with two attached hydrogens (primary N) is 1. The van der Waals surface area contributed by atoms with E-state index in [0.717, 1.165) is 65.4 Å². The van der Waals surface area contributed by atoms with E-state index in [0.29, 0.717) is 11.9 Å². The van der Waals surface area contributed by atoms with Gasteiger partial charge in [-0.15, -0.1) is 0 Å². The molecule has 0 atom stereocenters. The molecule has 140 valence electrons. The molecule has 3 heterocycles. The minimum atomic E-state index is 0.201. The Labute approximate surface area is 149 Å². The molecule has 0 saturated carbocycles. The summed E-state index contributed by atoms with van der Waals surface area (Å²) in [4.78, 5) is 22.5. The smallest absolute Gasteiger partial charge is 0.232 e. The molecule has 3 rings (SSSR count). The maximum Gasteiger partial charge on any atom is 0.232 e. The molecule has 0 radical (unpaired) electrons. The summed E-state index contributed by atoms with van der Waals surface area (Å²) in [6.07, 6.45) is 1.19. The van der Waals surface area contributed by atoms with Gasteiger partial charge in [0.25, 0.3) is 0 Å². The van der Waals surface area contributed by atoms with E-state index in [1.807, 2.05) is 0 Å².